The molecule has 1 aliphatic heterocycles. The number of aryl methyl sites for hydroxylation is 1. The van der Waals surface area contributed by atoms with Crippen LogP contribution >= 0.6 is 0 Å². The Kier molecular flexibility index (Phi) is 3.34. The Hall–Kier alpha value is -2.33. The number of benzene rings is 2. The lowest BCUT2D eigenvalue weighted by Gasteiger charge is -2.22. The smallest absolute Gasteiger partial charge is 0.290 e. The van der Waals surface area contributed by atoms with Crippen LogP contribution in [0.3, 0.4) is 0 Å². The molecule has 0 bridgehead atoms. The van der Waals surface area contributed by atoms with E-state index in [2.05, 4.69) is 12.1 Å². The van der Waals surface area contributed by atoms with E-state index in [0.717, 1.165) is 46.7 Å². The molecule has 4 heteroatoms. The maximum absolute atomic E-state index is 12.9. The van der Waals surface area contributed by atoms with Gasteiger partial charge in [-0.25, -0.2) is 0 Å². The Labute approximate surface area is 134 Å². The standard InChI is InChI=1S/C19H20N2O2/c1-12-15-9-8-13-5-2-3-7-16(13)18(15)23-17(12)19(22)21-10-4-6-14(21)11-20/h2-3,5,7-9,14H,4,6,10-11,20H2,1H3. The van der Waals surface area contributed by atoms with Gasteiger partial charge in [0.05, 0.1) is 0 Å². The molecule has 23 heavy (non-hydrogen) atoms. The maximum Gasteiger partial charge on any atom is 0.290 e. The Bertz CT molecular complexity index is 897. The molecule has 4 nitrogen and oxygen atoms in total. The number of fused-ring (bicyclic) bond motifs is 3. The van der Waals surface area contributed by atoms with Crippen molar-refractivity contribution >= 4 is 27.6 Å². The fourth-order valence-electron chi connectivity index (χ4n) is 3.63. The van der Waals surface area contributed by atoms with Crippen molar-refractivity contribution in [1.82, 2.24) is 4.90 Å². The lowest BCUT2D eigenvalue weighted by atomic mass is 10.1. The lowest BCUT2D eigenvalue weighted by Crippen LogP contribution is -2.40. The number of hydrogen-bond donors (Lipinski definition) is 1. The van der Waals surface area contributed by atoms with Crippen LogP contribution in [-0.4, -0.2) is 29.9 Å². The van der Waals surface area contributed by atoms with Gasteiger partial charge >= 0.3 is 0 Å². The van der Waals surface area contributed by atoms with Crippen molar-refractivity contribution in [2.75, 3.05) is 13.1 Å². The second kappa shape index (κ2) is 5.39. The molecule has 1 atom stereocenters. The van der Waals surface area contributed by atoms with Crippen molar-refractivity contribution < 1.29 is 9.21 Å². The van der Waals surface area contributed by atoms with Crippen molar-refractivity contribution in [2.45, 2.75) is 25.8 Å². The molecule has 1 unspecified atom stereocenters. The second-order valence-corrected chi connectivity index (χ2v) is 6.25. The van der Waals surface area contributed by atoms with Crippen LogP contribution in [0, 0.1) is 6.92 Å². The molecule has 3 aromatic rings. The molecule has 2 N–H and O–H groups in total. The van der Waals surface area contributed by atoms with Crippen LogP contribution in [0.2, 0.25) is 0 Å². The van der Waals surface area contributed by atoms with Gasteiger partial charge in [-0.2, -0.15) is 0 Å². The average molecular weight is 308 g/mol. The van der Waals surface area contributed by atoms with Crippen LogP contribution in [0.5, 0.6) is 0 Å². The normalized spacial score (nSPS) is 18.2. The number of carbonyl (C=O) groups is 1. The van der Waals surface area contributed by atoms with E-state index >= 15 is 0 Å². The van der Waals surface area contributed by atoms with Gasteiger partial charge in [0.25, 0.3) is 5.91 Å². The average Bonchev–Trinajstić information content (AvgIpc) is 3.19. The predicted molar refractivity (Wildman–Crippen MR) is 91.6 cm³/mol. The van der Waals surface area contributed by atoms with Crippen LogP contribution in [0.1, 0.15) is 29.0 Å². The van der Waals surface area contributed by atoms with Crippen LogP contribution < -0.4 is 5.73 Å². The van der Waals surface area contributed by atoms with Crippen LogP contribution in [-0.2, 0) is 0 Å². The van der Waals surface area contributed by atoms with E-state index in [1.165, 1.54) is 0 Å². The highest BCUT2D eigenvalue weighted by molar-refractivity contribution is 6.08. The van der Waals surface area contributed by atoms with Gasteiger partial charge in [-0.15, -0.1) is 0 Å². The minimum atomic E-state index is -0.0317. The van der Waals surface area contributed by atoms with E-state index in [9.17, 15) is 4.79 Å². The first-order valence-electron chi connectivity index (χ1n) is 8.12. The second-order valence-electron chi connectivity index (χ2n) is 6.25. The molecule has 0 saturated carbocycles. The summed E-state index contributed by atoms with van der Waals surface area (Å²) in [6.45, 7) is 3.23. The zero-order valence-electron chi connectivity index (χ0n) is 13.2. The lowest BCUT2D eigenvalue weighted by molar-refractivity contribution is 0.0710. The summed E-state index contributed by atoms with van der Waals surface area (Å²) in [5.41, 5.74) is 7.52. The summed E-state index contributed by atoms with van der Waals surface area (Å²) in [7, 11) is 0. The van der Waals surface area contributed by atoms with Crippen LogP contribution in [0.25, 0.3) is 21.7 Å². The summed E-state index contributed by atoms with van der Waals surface area (Å²) >= 11 is 0. The van der Waals surface area contributed by atoms with Crippen molar-refractivity contribution in [3.8, 4) is 0 Å². The monoisotopic (exact) mass is 308 g/mol. The number of carbonyl (C=O) groups excluding carboxylic acids is 1. The Morgan fingerprint density at radius 2 is 2.09 bits per heavy atom. The van der Waals surface area contributed by atoms with Gasteiger partial charge in [0, 0.05) is 35.5 Å². The fourth-order valence-corrected chi connectivity index (χ4v) is 3.63. The first-order chi connectivity index (χ1) is 11.2. The highest BCUT2D eigenvalue weighted by atomic mass is 16.3. The van der Waals surface area contributed by atoms with Gasteiger partial charge in [-0.05, 0) is 25.2 Å². The third-order valence-corrected chi connectivity index (χ3v) is 4.93. The molecule has 1 aromatic heterocycles. The zero-order chi connectivity index (χ0) is 16.0. The van der Waals surface area contributed by atoms with Crippen molar-refractivity contribution in [3.05, 3.63) is 47.7 Å². The van der Waals surface area contributed by atoms with E-state index in [4.69, 9.17) is 10.2 Å². The molecule has 118 valence electrons. The number of hydrogen-bond acceptors (Lipinski definition) is 3. The molecule has 1 aliphatic rings. The molecule has 0 radical (unpaired) electrons. The van der Waals surface area contributed by atoms with Gasteiger partial charge in [-0.1, -0.05) is 36.4 Å². The van der Waals surface area contributed by atoms with Crippen LogP contribution in [0.15, 0.2) is 40.8 Å². The predicted octanol–water partition coefficient (Wildman–Crippen LogP) is 3.46. The van der Waals surface area contributed by atoms with E-state index in [1.807, 2.05) is 36.1 Å². The molecule has 4 rings (SSSR count). The summed E-state index contributed by atoms with van der Waals surface area (Å²) in [6, 6.07) is 12.3. The SMILES string of the molecule is Cc1c(C(=O)N2CCCC2CN)oc2c1ccc1ccccc12. The molecule has 2 aromatic carbocycles. The Morgan fingerprint density at radius 1 is 1.26 bits per heavy atom. The Morgan fingerprint density at radius 3 is 2.91 bits per heavy atom. The number of nitrogens with zero attached hydrogens (tertiary/aromatic N) is 1. The minimum absolute atomic E-state index is 0.0317. The highest BCUT2D eigenvalue weighted by Crippen LogP contribution is 2.33. The molecule has 0 spiro atoms. The summed E-state index contributed by atoms with van der Waals surface area (Å²) in [5.74, 6) is 0.424. The van der Waals surface area contributed by atoms with E-state index in [0.29, 0.717) is 12.3 Å². The van der Waals surface area contributed by atoms with Crippen molar-refractivity contribution in [2.24, 2.45) is 5.73 Å². The van der Waals surface area contributed by atoms with Gasteiger partial charge in [-0.3, -0.25) is 4.79 Å². The van der Waals surface area contributed by atoms with Crippen molar-refractivity contribution in [3.63, 3.8) is 0 Å². The third-order valence-electron chi connectivity index (χ3n) is 4.93. The van der Waals surface area contributed by atoms with Crippen LogP contribution in [0.4, 0.5) is 0 Å². The fraction of sp³-hybridized carbons (Fsp3) is 0.316. The maximum atomic E-state index is 12.9. The molecule has 1 fully saturated rings. The van der Waals surface area contributed by atoms with Gasteiger partial charge < -0.3 is 15.1 Å². The minimum Gasteiger partial charge on any atom is -0.450 e. The molecule has 1 amide bonds. The van der Waals surface area contributed by atoms with E-state index in [1.54, 1.807) is 0 Å². The van der Waals surface area contributed by atoms with Gasteiger partial charge in [0.1, 0.15) is 5.58 Å². The quantitative estimate of drug-likeness (QED) is 0.788. The van der Waals surface area contributed by atoms with Gasteiger partial charge in [0.2, 0.25) is 0 Å². The Balaban J connectivity index is 1.86. The first-order valence-corrected chi connectivity index (χ1v) is 8.12. The topological polar surface area (TPSA) is 59.5 Å². The number of nitrogens with two attached hydrogens (primary N) is 1. The van der Waals surface area contributed by atoms with E-state index in [-0.39, 0.29) is 11.9 Å². The van der Waals surface area contributed by atoms with E-state index < -0.39 is 0 Å². The van der Waals surface area contributed by atoms with Crippen molar-refractivity contribution in [1.29, 1.82) is 0 Å². The molecule has 1 saturated heterocycles. The number of amides is 1. The summed E-state index contributed by atoms with van der Waals surface area (Å²) in [5, 5.41) is 3.17. The number of furan rings is 1. The zero-order valence-corrected chi connectivity index (χ0v) is 13.2. The molecule has 0 aliphatic carbocycles. The summed E-state index contributed by atoms with van der Waals surface area (Å²) in [4.78, 5) is 14.8. The highest BCUT2D eigenvalue weighted by Gasteiger charge is 2.31. The number of likely N-dealkylation sites (tertiary alicyclic amines) is 1. The van der Waals surface area contributed by atoms with Gasteiger partial charge in [0.15, 0.2) is 5.76 Å². The summed E-state index contributed by atoms with van der Waals surface area (Å²) < 4.78 is 6.05. The third kappa shape index (κ3) is 2.13. The number of rotatable bonds is 2. The summed E-state index contributed by atoms with van der Waals surface area (Å²) in [6.07, 6.45) is 1.99. The molecular formula is C19H20N2O2. The molecular weight excluding hydrogens is 288 g/mol. The largest absolute Gasteiger partial charge is 0.450 e. The molecule has 2 heterocycles. The first kappa shape index (κ1) is 14.3.